The minimum absolute atomic E-state index is 0.0397. The van der Waals surface area contributed by atoms with E-state index >= 15 is 0 Å². The molecule has 2 amide bonds. The highest BCUT2D eigenvalue weighted by Gasteiger charge is 2.25. The number of phenols is 1. The number of anilines is 2. The third-order valence-electron chi connectivity index (χ3n) is 3.68. The molecular formula is C19H22N4O3S. The molecule has 0 bridgehead atoms. The second-order valence-corrected chi connectivity index (χ2v) is 8.08. The van der Waals surface area contributed by atoms with Gasteiger partial charge in [-0.3, -0.25) is 5.32 Å². The number of amides is 2. The average molecular weight is 386 g/mol. The van der Waals surface area contributed by atoms with Crippen LogP contribution < -0.4 is 16.0 Å². The van der Waals surface area contributed by atoms with Crippen LogP contribution in [0.1, 0.15) is 25.6 Å². The number of phenolic OH excluding ortho intramolecular Hbond substituents is 1. The maximum Gasteiger partial charge on any atom is 0.325 e. The van der Waals surface area contributed by atoms with Gasteiger partial charge < -0.3 is 20.5 Å². The Kier molecular flexibility index (Phi) is 5.36. The van der Waals surface area contributed by atoms with E-state index in [1.165, 1.54) is 23.5 Å². The SMILES string of the molecule is CC(C)(C)C1=CNC(/C=C/c2cnc(NC(=O)Nc3ccc(O)cc3)s2)O1. The number of carbonyl (C=O) groups excluding carboxylic acids is 1. The number of nitrogens with zero attached hydrogens (tertiary/aromatic N) is 1. The van der Waals surface area contributed by atoms with E-state index in [0.29, 0.717) is 10.8 Å². The number of allylic oxidation sites excluding steroid dienone is 1. The first-order valence-corrected chi connectivity index (χ1v) is 9.26. The fraction of sp³-hybridized carbons (Fsp3) is 0.263. The first-order valence-electron chi connectivity index (χ1n) is 8.44. The van der Waals surface area contributed by atoms with Gasteiger partial charge in [0, 0.05) is 28.4 Å². The highest BCUT2D eigenvalue weighted by atomic mass is 32.1. The number of urea groups is 1. The van der Waals surface area contributed by atoms with Gasteiger partial charge >= 0.3 is 6.03 Å². The van der Waals surface area contributed by atoms with E-state index in [0.717, 1.165) is 10.6 Å². The highest BCUT2D eigenvalue weighted by Crippen LogP contribution is 2.29. The van der Waals surface area contributed by atoms with Gasteiger partial charge in [-0.15, -0.1) is 0 Å². The maximum absolute atomic E-state index is 12.0. The summed E-state index contributed by atoms with van der Waals surface area (Å²) in [6.07, 6.45) is 7.17. The molecule has 1 aromatic heterocycles. The van der Waals surface area contributed by atoms with Crippen molar-refractivity contribution in [3.8, 4) is 5.75 Å². The van der Waals surface area contributed by atoms with Crippen molar-refractivity contribution >= 4 is 34.3 Å². The largest absolute Gasteiger partial charge is 0.508 e. The number of hydrogen-bond donors (Lipinski definition) is 4. The molecule has 27 heavy (non-hydrogen) atoms. The summed E-state index contributed by atoms with van der Waals surface area (Å²) in [5.74, 6) is 1.05. The molecule has 4 N–H and O–H groups in total. The number of carbonyl (C=O) groups is 1. The monoisotopic (exact) mass is 386 g/mol. The Balaban J connectivity index is 1.51. The Labute approximate surface area is 161 Å². The summed E-state index contributed by atoms with van der Waals surface area (Å²) in [6, 6.07) is 5.83. The minimum atomic E-state index is -0.398. The molecule has 1 aliphatic rings. The Morgan fingerprint density at radius 3 is 2.70 bits per heavy atom. The van der Waals surface area contributed by atoms with Crippen molar-refractivity contribution in [2.45, 2.75) is 27.0 Å². The lowest BCUT2D eigenvalue weighted by Crippen LogP contribution is -2.19. The number of rotatable bonds is 4. The molecule has 3 rings (SSSR count). The number of nitrogens with one attached hydrogen (secondary N) is 3. The van der Waals surface area contributed by atoms with Crippen molar-refractivity contribution in [3.05, 3.63) is 53.4 Å². The Hall–Kier alpha value is -3.00. The van der Waals surface area contributed by atoms with Crippen LogP contribution in [0.5, 0.6) is 5.75 Å². The van der Waals surface area contributed by atoms with Gasteiger partial charge in [0.1, 0.15) is 11.5 Å². The van der Waals surface area contributed by atoms with Crippen LogP contribution in [0.25, 0.3) is 6.08 Å². The van der Waals surface area contributed by atoms with E-state index in [-0.39, 0.29) is 17.4 Å². The molecule has 0 fully saturated rings. The predicted octanol–water partition coefficient (Wildman–Crippen LogP) is 4.34. The van der Waals surface area contributed by atoms with Gasteiger partial charge in [0.15, 0.2) is 11.4 Å². The lowest BCUT2D eigenvalue weighted by Gasteiger charge is -2.20. The topological polar surface area (TPSA) is 95.5 Å². The smallest absolute Gasteiger partial charge is 0.325 e. The number of aromatic nitrogens is 1. The molecule has 0 spiro atoms. The fourth-order valence-electron chi connectivity index (χ4n) is 2.26. The molecule has 0 aliphatic carbocycles. The molecule has 1 aliphatic heterocycles. The lowest BCUT2D eigenvalue weighted by molar-refractivity contribution is 0.124. The van der Waals surface area contributed by atoms with E-state index in [2.05, 4.69) is 41.7 Å². The molecule has 0 radical (unpaired) electrons. The fourth-order valence-corrected chi connectivity index (χ4v) is 2.98. The zero-order chi connectivity index (χ0) is 19.4. The van der Waals surface area contributed by atoms with Gasteiger partial charge in [-0.2, -0.15) is 0 Å². The average Bonchev–Trinajstić information content (AvgIpc) is 3.24. The normalized spacial score (nSPS) is 16.6. The second kappa shape index (κ2) is 7.71. The Morgan fingerprint density at radius 2 is 2.04 bits per heavy atom. The summed E-state index contributed by atoms with van der Waals surface area (Å²) in [5.41, 5.74) is 0.538. The lowest BCUT2D eigenvalue weighted by atomic mass is 9.95. The Morgan fingerprint density at radius 1 is 1.30 bits per heavy atom. The van der Waals surface area contributed by atoms with Crippen LogP contribution in [0.4, 0.5) is 15.6 Å². The van der Waals surface area contributed by atoms with Crippen LogP contribution in [0.2, 0.25) is 0 Å². The van der Waals surface area contributed by atoms with Gasteiger partial charge in [-0.25, -0.2) is 9.78 Å². The molecule has 1 unspecified atom stereocenters. The van der Waals surface area contributed by atoms with E-state index in [4.69, 9.17) is 4.74 Å². The number of benzene rings is 1. The van der Waals surface area contributed by atoms with Gasteiger partial charge in [0.05, 0.1) is 0 Å². The summed E-state index contributed by atoms with van der Waals surface area (Å²) < 4.78 is 5.84. The van der Waals surface area contributed by atoms with Crippen molar-refractivity contribution in [2.75, 3.05) is 10.6 Å². The molecule has 2 aromatic rings. The molecule has 142 valence electrons. The third kappa shape index (κ3) is 5.24. The number of hydrogen-bond acceptors (Lipinski definition) is 6. The van der Waals surface area contributed by atoms with Crippen LogP contribution >= 0.6 is 11.3 Å². The van der Waals surface area contributed by atoms with Crippen molar-refractivity contribution in [1.82, 2.24) is 10.3 Å². The van der Waals surface area contributed by atoms with E-state index in [9.17, 15) is 9.90 Å². The molecule has 0 saturated heterocycles. The van der Waals surface area contributed by atoms with E-state index in [1.54, 1.807) is 18.3 Å². The zero-order valence-corrected chi connectivity index (χ0v) is 16.1. The van der Waals surface area contributed by atoms with Gasteiger partial charge in [-0.05, 0) is 36.4 Å². The van der Waals surface area contributed by atoms with Crippen LogP contribution in [-0.2, 0) is 4.74 Å². The Bertz CT molecular complexity index is 866. The van der Waals surface area contributed by atoms with Crippen LogP contribution in [-0.4, -0.2) is 22.3 Å². The van der Waals surface area contributed by atoms with E-state index in [1.807, 2.05) is 18.4 Å². The molecule has 0 saturated carbocycles. The van der Waals surface area contributed by atoms with Gasteiger partial charge in [0.25, 0.3) is 0 Å². The molecule has 1 atom stereocenters. The molecule has 8 heteroatoms. The summed E-state index contributed by atoms with van der Waals surface area (Å²) in [4.78, 5) is 17.1. The van der Waals surface area contributed by atoms with Crippen LogP contribution in [0.15, 0.2) is 48.5 Å². The molecular weight excluding hydrogens is 364 g/mol. The standard InChI is InChI=1S/C19H22N4O3S/c1-19(2,3)15-11-20-16(26-15)9-8-14-10-21-18(27-14)23-17(25)22-12-4-6-13(24)7-5-12/h4-11,16,20,24H,1-3H3,(H2,21,22,23,25)/b9-8+. The molecule has 1 aromatic carbocycles. The third-order valence-corrected chi connectivity index (χ3v) is 4.55. The van der Waals surface area contributed by atoms with Crippen molar-refractivity contribution in [1.29, 1.82) is 0 Å². The zero-order valence-electron chi connectivity index (χ0n) is 15.3. The summed E-state index contributed by atoms with van der Waals surface area (Å²) >= 11 is 1.35. The van der Waals surface area contributed by atoms with Crippen molar-refractivity contribution < 1.29 is 14.6 Å². The first-order chi connectivity index (χ1) is 12.8. The summed E-state index contributed by atoms with van der Waals surface area (Å²) in [7, 11) is 0. The number of thiazole rings is 1. The van der Waals surface area contributed by atoms with Gasteiger partial charge in [-0.1, -0.05) is 32.1 Å². The van der Waals surface area contributed by atoms with Crippen LogP contribution in [0, 0.1) is 5.41 Å². The van der Waals surface area contributed by atoms with E-state index < -0.39 is 6.03 Å². The van der Waals surface area contributed by atoms with Gasteiger partial charge in [0.2, 0.25) is 0 Å². The second-order valence-electron chi connectivity index (χ2n) is 7.02. The predicted molar refractivity (Wildman–Crippen MR) is 107 cm³/mol. The number of aromatic hydroxyl groups is 1. The quantitative estimate of drug-likeness (QED) is 0.586. The first kappa shape index (κ1) is 18.8. The molecule has 7 nitrogen and oxygen atoms in total. The summed E-state index contributed by atoms with van der Waals surface area (Å²) in [6.45, 7) is 6.28. The summed E-state index contributed by atoms with van der Waals surface area (Å²) in [5, 5.41) is 18.3. The maximum atomic E-state index is 12.0. The number of ether oxygens (including phenoxy) is 1. The van der Waals surface area contributed by atoms with Crippen molar-refractivity contribution in [3.63, 3.8) is 0 Å². The minimum Gasteiger partial charge on any atom is -0.508 e. The van der Waals surface area contributed by atoms with Crippen molar-refractivity contribution in [2.24, 2.45) is 5.41 Å². The molecule has 2 heterocycles. The highest BCUT2D eigenvalue weighted by molar-refractivity contribution is 7.16. The van der Waals surface area contributed by atoms with Crippen LogP contribution in [0.3, 0.4) is 0 Å².